The van der Waals surface area contributed by atoms with Crippen molar-refractivity contribution in [1.82, 2.24) is 15.0 Å². The van der Waals surface area contributed by atoms with Gasteiger partial charge in [0.2, 0.25) is 0 Å². The number of benzene rings is 1. The maximum absolute atomic E-state index is 5.17. The van der Waals surface area contributed by atoms with E-state index in [-0.39, 0.29) is 0 Å². The second kappa shape index (κ2) is 6.50. The molecule has 2 aliphatic rings. The minimum atomic E-state index is 1.04. The van der Waals surface area contributed by atoms with Crippen LogP contribution >= 0.6 is 11.3 Å². The molecule has 140 valence electrons. The Labute approximate surface area is 167 Å². The SMILES string of the molecule is c1ccc(-c2nc3sc4c(N5CC[NH2+]CC5)ncnc4c3c3c2CCC3)cc1. The number of anilines is 1. The van der Waals surface area contributed by atoms with E-state index in [0.29, 0.717) is 0 Å². The first kappa shape index (κ1) is 16.4. The van der Waals surface area contributed by atoms with Crippen molar-refractivity contribution >= 4 is 37.6 Å². The molecule has 4 heterocycles. The summed E-state index contributed by atoms with van der Waals surface area (Å²) in [6.45, 7) is 4.34. The Morgan fingerprint density at radius 2 is 1.79 bits per heavy atom. The topological polar surface area (TPSA) is 58.5 Å². The Bertz CT molecular complexity index is 1180. The molecule has 28 heavy (non-hydrogen) atoms. The Balaban J connectivity index is 1.63. The van der Waals surface area contributed by atoms with Gasteiger partial charge in [0, 0.05) is 10.9 Å². The van der Waals surface area contributed by atoms with Gasteiger partial charge in [-0.15, -0.1) is 11.3 Å². The highest BCUT2D eigenvalue weighted by molar-refractivity contribution is 7.26. The van der Waals surface area contributed by atoms with Crippen molar-refractivity contribution in [2.75, 3.05) is 31.1 Å². The lowest BCUT2D eigenvalue weighted by atomic mass is 10.0. The molecule has 1 saturated heterocycles. The molecule has 4 aromatic rings. The van der Waals surface area contributed by atoms with E-state index < -0.39 is 0 Å². The van der Waals surface area contributed by atoms with Gasteiger partial charge >= 0.3 is 0 Å². The number of thiophene rings is 1. The second-order valence-electron chi connectivity index (χ2n) is 7.65. The first-order valence-electron chi connectivity index (χ1n) is 10.1. The minimum absolute atomic E-state index is 1.04. The maximum Gasteiger partial charge on any atom is 0.150 e. The lowest BCUT2D eigenvalue weighted by Gasteiger charge is -2.26. The Morgan fingerprint density at radius 1 is 0.964 bits per heavy atom. The predicted molar refractivity (Wildman–Crippen MR) is 114 cm³/mol. The number of fused-ring (bicyclic) bond motifs is 5. The zero-order valence-corrected chi connectivity index (χ0v) is 16.5. The number of piperazine rings is 1. The van der Waals surface area contributed by atoms with Crippen LogP contribution in [0.15, 0.2) is 36.7 Å². The summed E-state index contributed by atoms with van der Waals surface area (Å²) in [7, 11) is 0. The fourth-order valence-electron chi connectivity index (χ4n) is 4.71. The lowest BCUT2D eigenvalue weighted by molar-refractivity contribution is -0.655. The minimum Gasteiger partial charge on any atom is -0.344 e. The van der Waals surface area contributed by atoms with Crippen molar-refractivity contribution in [3.63, 3.8) is 0 Å². The van der Waals surface area contributed by atoms with Crippen LogP contribution in [0.3, 0.4) is 0 Å². The molecule has 0 bridgehead atoms. The van der Waals surface area contributed by atoms with Gasteiger partial charge in [-0.3, -0.25) is 0 Å². The van der Waals surface area contributed by atoms with Gasteiger partial charge in [-0.2, -0.15) is 0 Å². The summed E-state index contributed by atoms with van der Waals surface area (Å²) < 4.78 is 1.20. The Morgan fingerprint density at radius 3 is 2.64 bits per heavy atom. The molecule has 0 unspecified atom stereocenters. The second-order valence-corrected chi connectivity index (χ2v) is 8.65. The number of aryl methyl sites for hydroxylation is 1. The van der Waals surface area contributed by atoms with Crippen molar-refractivity contribution in [2.45, 2.75) is 19.3 Å². The van der Waals surface area contributed by atoms with Crippen LogP contribution in [0, 0.1) is 0 Å². The van der Waals surface area contributed by atoms with Gasteiger partial charge in [-0.05, 0) is 30.4 Å². The molecule has 0 radical (unpaired) electrons. The molecule has 1 aliphatic carbocycles. The molecule has 1 aliphatic heterocycles. The van der Waals surface area contributed by atoms with Gasteiger partial charge in [0.15, 0.2) is 5.82 Å². The summed E-state index contributed by atoms with van der Waals surface area (Å²) in [6.07, 6.45) is 5.18. The summed E-state index contributed by atoms with van der Waals surface area (Å²) >= 11 is 1.77. The molecule has 0 saturated carbocycles. The van der Waals surface area contributed by atoms with E-state index in [9.17, 15) is 0 Å². The number of pyridine rings is 1. The monoisotopic (exact) mass is 388 g/mol. The number of hydrogen-bond donors (Lipinski definition) is 1. The van der Waals surface area contributed by atoms with Crippen LogP contribution in [-0.2, 0) is 12.8 Å². The van der Waals surface area contributed by atoms with Crippen LogP contribution in [0.1, 0.15) is 17.5 Å². The van der Waals surface area contributed by atoms with Gasteiger partial charge in [0.1, 0.15) is 11.2 Å². The molecule has 3 aromatic heterocycles. The van der Waals surface area contributed by atoms with Crippen LogP contribution in [0.4, 0.5) is 5.82 Å². The van der Waals surface area contributed by atoms with Gasteiger partial charge < -0.3 is 10.2 Å². The molecular formula is C22H22N5S+. The van der Waals surface area contributed by atoms with Crippen molar-refractivity contribution in [3.05, 3.63) is 47.8 Å². The van der Waals surface area contributed by atoms with E-state index in [2.05, 4.69) is 45.5 Å². The third kappa shape index (κ3) is 2.45. The van der Waals surface area contributed by atoms with Crippen molar-refractivity contribution in [1.29, 1.82) is 0 Å². The standard InChI is InChI=1S/C22H21N5S/c1-2-5-14(6-3-1)18-16-8-4-7-15(16)17-19-20(28-22(17)26-18)21(25-13-24-19)27-11-9-23-10-12-27/h1-3,5-6,13,23H,4,7-12H2/p+1. The van der Waals surface area contributed by atoms with E-state index in [1.165, 1.54) is 33.2 Å². The highest BCUT2D eigenvalue weighted by Gasteiger charge is 2.26. The molecule has 6 rings (SSSR count). The molecular weight excluding hydrogens is 366 g/mol. The summed E-state index contributed by atoms with van der Waals surface area (Å²) in [6, 6.07) is 10.6. The first-order valence-corrected chi connectivity index (χ1v) is 10.9. The molecule has 0 amide bonds. The predicted octanol–water partition coefficient (Wildman–Crippen LogP) is 2.78. The van der Waals surface area contributed by atoms with Gasteiger partial charge in [-0.1, -0.05) is 30.3 Å². The fraction of sp³-hybridized carbons (Fsp3) is 0.318. The van der Waals surface area contributed by atoms with Crippen LogP contribution < -0.4 is 10.2 Å². The van der Waals surface area contributed by atoms with E-state index in [1.807, 2.05) is 0 Å². The largest absolute Gasteiger partial charge is 0.344 e. The zero-order chi connectivity index (χ0) is 18.5. The average Bonchev–Trinajstić information content (AvgIpc) is 3.38. The number of quaternary nitrogens is 1. The quantitative estimate of drug-likeness (QED) is 0.574. The lowest BCUT2D eigenvalue weighted by Crippen LogP contribution is -2.89. The summed E-state index contributed by atoms with van der Waals surface area (Å²) in [5.74, 6) is 1.09. The van der Waals surface area contributed by atoms with Gasteiger partial charge in [0.05, 0.1) is 42.1 Å². The first-order chi connectivity index (χ1) is 13.9. The van der Waals surface area contributed by atoms with Crippen LogP contribution in [0.25, 0.3) is 31.7 Å². The van der Waals surface area contributed by atoms with E-state index in [1.54, 1.807) is 17.7 Å². The zero-order valence-electron chi connectivity index (χ0n) is 15.7. The van der Waals surface area contributed by atoms with Gasteiger partial charge in [0.25, 0.3) is 0 Å². The number of nitrogens with two attached hydrogens (primary N) is 1. The number of hydrogen-bond acceptors (Lipinski definition) is 5. The van der Waals surface area contributed by atoms with Crippen molar-refractivity contribution in [3.8, 4) is 11.3 Å². The Kier molecular flexibility index (Phi) is 3.80. The molecule has 1 aromatic carbocycles. The maximum atomic E-state index is 5.17. The third-order valence-electron chi connectivity index (χ3n) is 6.01. The third-order valence-corrected chi connectivity index (χ3v) is 7.08. The number of aromatic nitrogens is 3. The van der Waals surface area contributed by atoms with Gasteiger partial charge in [-0.25, -0.2) is 15.0 Å². The molecule has 6 heteroatoms. The fourth-order valence-corrected chi connectivity index (χ4v) is 5.89. The summed E-state index contributed by atoms with van der Waals surface area (Å²) in [5, 5.41) is 3.65. The van der Waals surface area contributed by atoms with E-state index in [4.69, 9.17) is 9.97 Å². The Hall–Kier alpha value is -2.57. The normalized spacial score (nSPS) is 16.8. The van der Waals surface area contributed by atoms with Crippen LogP contribution in [-0.4, -0.2) is 41.1 Å². The molecule has 2 N–H and O–H groups in total. The van der Waals surface area contributed by atoms with E-state index in [0.717, 1.165) is 60.9 Å². The highest BCUT2D eigenvalue weighted by Crippen LogP contribution is 2.43. The smallest absolute Gasteiger partial charge is 0.150 e. The van der Waals surface area contributed by atoms with Crippen molar-refractivity contribution in [2.24, 2.45) is 0 Å². The van der Waals surface area contributed by atoms with E-state index >= 15 is 0 Å². The summed E-state index contributed by atoms with van der Waals surface area (Å²) in [5.41, 5.74) is 6.37. The summed E-state index contributed by atoms with van der Waals surface area (Å²) in [4.78, 5) is 18.1. The molecule has 0 atom stereocenters. The number of rotatable bonds is 2. The highest BCUT2D eigenvalue weighted by atomic mass is 32.1. The molecule has 1 fully saturated rings. The van der Waals surface area contributed by atoms with Crippen molar-refractivity contribution < 1.29 is 5.32 Å². The average molecular weight is 389 g/mol. The number of nitrogens with zero attached hydrogens (tertiary/aromatic N) is 4. The molecule has 5 nitrogen and oxygen atoms in total. The van der Waals surface area contributed by atoms with Crippen LogP contribution in [0.2, 0.25) is 0 Å². The molecule has 0 spiro atoms. The van der Waals surface area contributed by atoms with Crippen LogP contribution in [0.5, 0.6) is 0 Å².